The Balaban J connectivity index is 0.000000315. The summed E-state index contributed by atoms with van der Waals surface area (Å²) in [4.78, 5) is 0. The second-order valence-electron chi connectivity index (χ2n) is 5.15. The van der Waals surface area contributed by atoms with Crippen molar-refractivity contribution in [1.29, 1.82) is 0 Å². The highest BCUT2D eigenvalue weighted by molar-refractivity contribution is 5.14. The molecule has 0 unspecified atom stereocenters. The predicted molar refractivity (Wildman–Crippen MR) is 110 cm³/mol. The third-order valence-electron chi connectivity index (χ3n) is 3.13. The molecule has 0 saturated carbocycles. The fourth-order valence-electron chi connectivity index (χ4n) is 1.78. The Hall–Kier alpha value is -2.34. The van der Waals surface area contributed by atoms with Crippen LogP contribution in [0.5, 0.6) is 0 Å². The minimum absolute atomic E-state index is 1.14. The summed E-state index contributed by atoms with van der Waals surface area (Å²) in [7, 11) is 0. The van der Waals surface area contributed by atoms with Gasteiger partial charge in [0, 0.05) is 0 Å². The molecule has 0 nitrogen and oxygen atoms in total. The van der Waals surface area contributed by atoms with Gasteiger partial charge in [0.2, 0.25) is 0 Å². The molecule has 0 aliphatic heterocycles. The maximum absolute atomic E-state index is 2.16. The van der Waals surface area contributed by atoms with Gasteiger partial charge in [0.05, 0.1) is 0 Å². The summed E-state index contributed by atoms with van der Waals surface area (Å²) < 4.78 is 0. The van der Waals surface area contributed by atoms with Crippen molar-refractivity contribution in [3.8, 4) is 0 Å². The molecule has 3 aromatic carbocycles. The lowest BCUT2D eigenvalue weighted by Crippen LogP contribution is -1.73. The van der Waals surface area contributed by atoms with Gasteiger partial charge in [0.1, 0.15) is 0 Å². The van der Waals surface area contributed by atoms with Gasteiger partial charge in [0.25, 0.3) is 0 Å². The van der Waals surface area contributed by atoms with Gasteiger partial charge in [-0.1, -0.05) is 123 Å². The van der Waals surface area contributed by atoms with Gasteiger partial charge >= 0.3 is 0 Å². The minimum atomic E-state index is 1.14. The van der Waals surface area contributed by atoms with Crippen LogP contribution in [-0.2, 0) is 6.42 Å². The first kappa shape index (κ1) is 21.7. The van der Waals surface area contributed by atoms with E-state index in [0.717, 1.165) is 6.42 Å². The molecule has 0 aliphatic carbocycles. The zero-order valence-electron chi connectivity index (χ0n) is 15.9. The van der Waals surface area contributed by atoms with Crippen LogP contribution in [0.1, 0.15) is 37.5 Å². The van der Waals surface area contributed by atoms with Crippen LogP contribution < -0.4 is 0 Å². The van der Waals surface area contributed by atoms with Crippen molar-refractivity contribution in [2.75, 3.05) is 0 Å². The van der Waals surface area contributed by atoms with Gasteiger partial charge in [-0.3, -0.25) is 0 Å². The van der Waals surface area contributed by atoms with E-state index in [-0.39, 0.29) is 0 Å². The number of hydrogen-bond acceptors (Lipinski definition) is 0. The van der Waals surface area contributed by atoms with Crippen LogP contribution in [-0.4, -0.2) is 0 Å². The minimum Gasteiger partial charge on any atom is -0.0683 e. The quantitative estimate of drug-likeness (QED) is 0.442. The first-order valence-corrected chi connectivity index (χ1v) is 8.79. The topological polar surface area (TPSA) is 0 Å². The standard InChI is InChI=1S/C8H10.2C7H8.C2H6/c1-2-8-6-4-3-5-7-8;2*1-7-5-3-2-4-6-7;1-2/h3-7H,2H2,1H3;2*2-6H,1H3;1-2H3. The molecule has 3 aromatic rings. The summed E-state index contributed by atoms with van der Waals surface area (Å²) >= 11 is 0. The Kier molecular flexibility index (Phi) is 14.0. The SMILES string of the molecule is CC.CCc1ccccc1.Cc1ccccc1.Cc1ccccc1. The molecule has 3 rings (SSSR count). The van der Waals surface area contributed by atoms with E-state index in [9.17, 15) is 0 Å². The van der Waals surface area contributed by atoms with Crippen molar-refractivity contribution in [3.63, 3.8) is 0 Å². The molecule has 0 aromatic heterocycles. The molecule has 0 atom stereocenters. The molecule has 0 radical (unpaired) electrons. The average molecular weight is 321 g/mol. The van der Waals surface area contributed by atoms with E-state index < -0.39 is 0 Å². The van der Waals surface area contributed by atoms with Crippen LogP contribution in [0.25, 0.3) is 0 Å². The van der Waals surface area contributed by atoms with E-state index in [1.807, 2.05) is 56.3 Å². The Labute approximate surface area is 149 Å². The molecule has 0 N–H and O–H groups in total. The van der Waals surface area contributed by atoms with Crippen molar-refractivity contribution in [2.24, 2.45) is 0 Å². The van der Waals surface area contributed by atoms with Crippen LogP contribution in [0.3, 0.4) is 0 Å². The maximum Gasteiger partial charge on any atom is -0.0307 e. The highest BCUT2D eigenvalue weighted by Gasteiger charge is 1.80. The summed E-state index contributed by atoms with van der Waals surface area (Å²) in [5.74, 6) is 0. The van der Waals surface area contributed by atoms with E-state index in [0.29, 0.717) is 0 Å². The molecule has 0 aliphatic rings. The zero-order valence-corrected chi connectivity index (χ0v) is 15.9. The normalized spacial score (nSPS) is 8.38. The van der Waals surface area contributed by atoms with Crippen molar-refractivity contribution >= 4 is 0 Å². The highest BCUT2D eigenvalue weighted by Crippen LogP contribution is 1.97. The lowest BCUT2D eigenvalue weighted by atomic mass is 10.2. The summed E-state index contributed by atoms with van der Waals surface area (Å²) in [5.41, 5.74) is 4.05. The van der Waals surface area contributed by atoms with Crippen LogP contribution in [0.2, 0.25) is 0 Å². The maximum atomic E-state index is 2.16. The smallest absolute Gasteiger partial charge is 0.0307 e. The van der Waals surface area contributed by atoms with Crippen molar-refractivity contribution in [2.45, 2.75) is 41.0 Å². The monoisotopic (exact) mass is 320 g/mol. The van der Waals surface area contributed by atoms with Crippen LogP contribution in [0.4, 0.5) is 0 Å². The van der Waals surface area contributed by atoms with E-state index in [4.69, 9.17) is 0 Å². The van der Waals surface area contributed by atoms with Gasteiger partial charge in [-0.2, -0.15) is 0 Å². The van der Waals surface area contributed by atoms with Crippen molar-refractivity contribution in [3.05, 3.63) is 108 Å². The Morgan fingerprint density at radius 2 is 0.792 bits per heavy atom. The third kappa shape index (κ3) is 12.2. The highest BCUT2D eigenvalue weighted by atomic mass is 13.9. The number of rotatable bonds is 1. The summed E-state index contributed by atoms with van der Waals surface area (Å²) in [6.45, 7) is 10.3. The molecule has 0 spiro atoms. The Morgan fingerprint density at radius 1 is 0.500 bits per heavy atom. The van der Waals surface area contributed by atoms with Crippen LogP contribution in [0, 0.1) is 13.8 Å². The molecular formula is C24H32. The first-order valence-electron chi connectivity index (χ1n) is 8.79. The van der Waals surface area contributed by atoms with Crippen molar-refractivity contribution < 1.29 is 0 Å². The van der Waals surface area contributed by atoms with Crippen LogP contribution in [0.15, 0.2) is 91.0 Å². The molecular weight excluding hydrogens is 288 g/mol. The fraction of sp³-hybridized carbons (Fsp3) is 0.250. The molecule has 24 heavy (non-hydrogen) atoms. The lowest BCUT2D eigenvalue weighted by molar-refractivity contribution is 1.14. The van der Waals surface area contributed by atoms with E-state index in [2.05, 4.69) is 69.3 Å². The van der Waals surface area contributed by atoms with E-state index in [1.54, 1.807) is 0 Å². The number of aryl methyl sites for hydroxylation is 3. The van der Waals surface area contributed by atoms with Gasteiger partial charge in [-0.15, -0.1) is 0 Å². The summed E-state index contributed by atoms with van der Waals surface area (Å²) in [6, 6.07) is 31.0. The molecule has 0 bridgehead atoms. The van der Waals surface area contributed by atoms with E-state index in [1.165, 1.54) is 16.7 Å². The van der Waals surface area contributed by atoms with Crippen LogP contribution >= 0.6 is 0 Å². The van der Waals surface area contributed by atoms with Gasteiger partial charge in [0.15, 0.2) is 0 Å². The second kappa shape index (κ2) is 15.6. The molecule has 0 fully saturated rings. The number of benzene rings is 3. The first-order chi connectivity index (χ1) is 11.7. The molecule has 0 saturated heterocycles. The molecule has 0 amide bonds. The Morgan fingerprint density at radius 3 is 0.958 bits per heavy atom. The lowest BCUT2D eigenvalue weighted by Gasteiger charge is -1.89. The largest absolute Gasteiger partial charge is 0.0683 e. The molecule has 128 valence electrons. The number of hydrogen-bond donors (Lipinski definition) is 0. The predicted octanol–water partition coefficient (Wildman–Crippen LogP) is 7.27. The van der Waals surface area contributed by atoms with Gasteiger partial charge < -0.3 is 0 Å². The molecule has 0 heterocycles. The zero-order chi connectivity index (χ0) is 18.0. The average Bonchev–Trinajstić information content (AvgIpc) is 2.66. The van der Waals surface area contributed by atoms with Gasteiger partial charge in [-0.05, 0) is 25.8 Å². The van der Waals surface area contributed by atoms with E-state index >= 15 is 0 Å². The Bertz CT molecular complexity index is 545. The molecule has 0 heteroatoms. The summed E-state index contributed by atoms with van der Waals surface area (Å²) in [6.07, 6.45) is 1.14. The summed E-state index contributed by atoms with van der Waals surface area (Å²) in [5, 5.41) is 0. The van der Waals surface area contributed by atoms with Gasteiger partial charge in [-0.25, -0.2) is 0 Å². The fourth-order valence-corrected chi connectivity index (χ4v) is 1.78. The van der Waals surface area contributed by atoms with Crippen molar-refractivity contribution in [1.82, 2.24) is 0 Å². The third-order valence-corrected chi connectivity index (χ3v) is 3.13. The second-order valence-corrected chi connectivity index (χ2v) is 5.15.